The van der Waals surface area contributed by atoms with Crippen LogP contribution in [-0.4, -0.2) is 49.4 Å². The van der Waals surface area contributed by atoms with E-state index in [0.29, 0.717) is 33.5 Å². The lowest BCUT2D eigenvalue weighted by atomic mass is 9.84. The quantitative estimate of drug-likeness (QED) is 0.473. The fourth-order valence-electron chi connectivity index (χ4n) is 4.60. The van der Waals surface area contributed by atoms with Crippen LogP contribution in [0.5, 0.6) is 5.75 Å². The minimum atomic E-state index is -3.92. The molecule has 0 unspecified atom stereocenters. The number of hydrogen-bond donors (Lipinski definition) is 1. The number of rotatable bonds is 6. The van der Waals surface area contributed by atoms with Gasteiger partial charge in [0.05, 0.1) is 10.0 Å². The van der Waals surface area contributed by atoms with Crippen LogP contribution in [0.25, 0.3) is 0 Å². The number of benzene rings is 1. The lowest BCUT2D eigenvalue weighted by molar-refractivity contribution is -0.124. The predicted molar refractivity (Wildman–Crippen MR) is 135 cm³/mol. The molecule has 0 spiro atoms. The number of carbonyl (C=O) groups is 1. The van der Waals surface area contributed by atoms with Gasteiger partial charge in [-0.05, 0) is 78.7 Å². The third-order valence-electron chi connectivity index (χ3n) is 6.50. The van der Waals surface area contributed by atoms with Crippen LogP contribution in [0.15, 0.2) is 46.0 Å². The first kappa shape index (κ1) is 25.7. The number of pyridine rings is 1. The number of sulfonamides is 1. The maximum Gasteiger partial charge on any atom is 0.265 e. The maximum atomic E-state index is 12.6. The summed E-state index contributed by atoms with van der Waals surface area (Å²) in [5.41, 5.74) is 0. The molecule has 11 heteroatoms. The van der Waals surface area contributed by atoms with Crippen molar-refractivity contribution in [1.29, 1.82) is 0 Å². The Balaban J connectivity index is 1.23. The summed E-state index contributed by atoms with van der Waals surface area (Å²) >= 11 is 15.2. The summed E-state index contributed by atoms with van der Waals surface area (Å²) in [7, 11) is -3.92. The summed E-state index contributed by atoms with van der Waals surface area (Å²) in [5.74, 6) is -0.00620. The topological polar surface area (TPSA) is 88.6 Å². The van der Waals surface area contributed by atoms with Gasteiger partial charge in [-0.15, -0.1) is 0 Å². The molecule has 1 aliphatic heterocycles. The van der Waals surface area contributed by atoms with E-state index in [4.69, 9.17) is 27.9 Å². The average molecular weight is 591 g/mol. The molecule has 0 radical (unpaired) electrons. The van der Waals surface area contributed by atoms with E-state index >= 15 is 0 Å². The molecule has 1 aromatic carbocycles. The van der Waals surface area contributed by atoms with Crippen molar-refractivity contribution in [2.75, 3.05) is 13.1 Å². The van der Waals surface area contributed by atoms with Crippen LogP contribution in [0.3, 0.4) is 0 Å². The summed E-state index contributed by atoms with van der Waals surface area (Å²) in [6.45, 7) is 1.86. The fourth-order valence-corrected chi connectivity index (χ4v) is 6.11. The number of nitrogens with zero attached hydrogens (tertiary/aromatic N) is 2. The largest absolute Gasteiger partial charge is 0.490 e. The Kier molecular flexibility index (Phi) is 8.40. The Morgan fingerprint density at radius 3 is 2.35 bits per heavy atom. The van der Waals surface area contributed by atoms with E-state index in [-0.39, 0.29) is 16.9 Å². The molecular formula is C23H26BrCl2N3O4S. The van der Waals surface area contributed by atoms with Crippen molar-refractivity contribution < 1.29 is 17.9 Å². The summed E-state index contributed by atoms with van der Waals surface area (Å²) in [4.78, 5) is 19.0. The molecule has 1 aromatic heterocycles. The Hall–Kier alpha value is -1.39. The zero-order chi connectivity index (χ0) is 24.3. The predicted octanol–water partition coefficient (Wildman–Crippen LogP) is 5.06. The molecule has 7 nitrogen and oxygen atoms in total. The van der Waals surface area contributed by atoms with Crippen molar-refractivity contribution in [2.24, 2.45) is 5.92 Å². The van der Waals surface area contributed by atoms with E-state index in [1.54, 1.807) is 12.1 Å². The Morgan fingerprint density at radius 2 is 1.74 bits per heavy atom. The Labute approximate surface area is 218 Å². The van der Waals surface area contributed by atoms with Gasteiger partial charge >= 0.3 is 0 Å². The summed E-state index contributed by atoms with van der Waals surface area (Å²) in [6, 6.07) is 8.67. The van der Waals surface area contributed by atoms with Gasteiger partial charge in [-0.25, -0.2) is 18.1 Å². The van der Waals surface area contributed by atoms with Gasteiger partial charge in [0.15, 0.2) is 0 Å². The highest BCUT2D eigenvalue weighted by molar-refractivity contribution is 9.10. The number of ether oxygens (including phenoxy) is 1. The van der Waals surface area contributed by atoms with Crippen LogP contribution in [0.2, 0.25) is 10.0 Å². The van der Waals surface area contributed by atoms with E-state index in [9.17, 15) is 13.2 Å². The van der Waals surface area contributed by atoms with E-state index in [2.05, 4.69) is 30.5 Å². The molecule has 2 aromatic rings. The molecule has 1 saturated carbocycles. The van der Waals surface area contributed by atoms with Crippen molar-refractivity contribution >= 4 is 55.1 Å². The number of piperidine rings is 1. The van der Waals surface area contributed by atoms with Crippen LogP contribution >= 0.6 is 39.1 Å². The van der Waals surface area contributed by atoms with Crippen molar-refractivity contribution in [1.82, 2.24) is 14.6 Å². The minimum absolute atomic E-state index is 0.0244. The lowest BCUT2D eigenvalue weighted by Crippen LogP contribution is -2.46. The van der Waals surface area contributed by atoms with Crippen molar-refractivity contribution in [2.45, 2.75) is 55.6 Å². The zero-order valence-corrected chi connectivity index (χ0v) is 22.3. The zero-order valence-electron chi connectivity index (χ0n) is 18.4. The van der Waals surface area contributed by atoms with Crippen LogP contribution in [0.4, 0.5) is 0 Å². The third-order valence-corrected chi connectivity index (χ3v) is 9.04. The SMILES string of the molecule is O=C(NS(=O)(=O)c1ccc(Br)nc1)C1CCC(N2CCC(Oc3ccc(Cl)c(Cl)c3)CC2)CC1. The molecule has 1 saturated heterocycles. The number of carbonyl (C=O) groups excluding carboxylic acids is 1. The van der Waals surface area contributed by atoms with E-state index in [1.165, 1.54) is 18.3 Å². The van der Waals surface area contributed by atoms with Gasteiger partial charge in [0, 0.05) is 37.3 Å². The van der Waals surface area contributed by atoms with Crippen molar-refractivity contribution in [3.05, 3.63) is 51.2 Å². The highest BCUT2D eigenvalue weighted by Gasteiger charge is 2.33. The number of amides is 1. The fraction of sp³-hybridized carbons (Fsp3) is 0.478. The van der Waals surface area contributed by atoms with Gasteiger partial charge in [-0.2, -0.15) is 0 Å². The number of likely N-dealkylation sites (tertiary alicyclic amines) is 1. The van der Waals surface area contributed by atoms with Gasteiger partial charge in [0.2, 0.25) is 5.91 Å². The summed E-state index contributed by atoms with van der Waals surface area (Å²) in [5, 5.41) is 0.995. The normalized spacial score (nSPS) is 22.3. The molecule has 0 atom stereocenters. The first-order chi connectivity index (χ1) is 16.2. The Morgan fingerprint density at radius 1 is 1.03 bits per heavy atom. The molecule has 1 amide bonds. The molecule has 2 heterocycles. The van der Waals surface area contributed by atoms with Gasteiger partial charge in [0.25, 0.3) is 10.0 Å². The number of halogens is 3. The molecule has 4 rings (SSSR count). The van der Waals surface area contributed by atoms with E-state index in [0.717, 1.165) is 44.5 Å². The van der Waals surface area contributed by atoms with Gasteiger partial charge in [-0.3, -0.25) is 4.79 Å². The highest BCUT2D eigenvalue weighted by atomic mass is 79.9. The van der Waals surface area contributed by atoms with Gasteiger partial charge in [0.1, 0.15) is 21.4 Å². The van der Waals surface area contributed by atoms with Crippen LogP contribution in [0.1, 0.15) is 38.5 Å². The lowest BCUT2D eigenvalue weighted by Gasteiger charge is -2.40. The van der Waals surface area contributed by atoms with Crippen molar-refractivity contribution in [3.63, 3.8) is 0 Å². The van der Waals surface area contributed by atoms with E-state index in [1.807, 2.05) is 6.07 Å². The molecule has 0 bridgehead atoms. The number of hydrogen-bond acceptors (Lipinski definition) is 6. The van der Waals surface area contributed by atoms with Crippen LogP contribution < -0.4 is 9.46 Å². The minimum Gasteiger partial charge on any atom is -0.490 e. The molecule has 2 fully saturated rings. The summed E-state index contributed by atoms with van der Waals surface area (Å²) in [6.07, 6.45) is 6.28. The number of nitrogens with one attached hydrogen (secondary N) is 1. The summed E-state index contributed by atoms with van der Waals surface area (Å²) < 4.78 is 33.8. The van der Waals surface area contributed by atoms with Crippen LogP contribution in [0, 0.1) is 5.92 Å². The molecule has 2 aliphatic rings. The van der Waals surface area contributed by atoms with Gasteiger partial charge < -0.3 is 9.64 Å². The maximum absolute atomic E-state index is 12.6. The third kappa shape index (κ3) is 6.43. The molecular weight excluding hydrogens is 565 g/mol. The highest BCUT2D eigenvalue weighted by Crippen LogP contribution is 2.32. The second-order valence-corrected chi connectivity index (χ2v) is 12.0. The van der Waals surface area contributed by atoms with Crippen molar-refractivity contribution in [3.8, 4) is 5.75 Å². The van der Waals surface area contributed by atoms with Gasteiger partial charge in [-0.1, -0.05) is 23.2 Å². The molecule has 1 aliphatic carbocycles. The Bertz CT molecular complexity index is 1120. The molecule has 1 N–H and O–H groups in total. The monoisotopic (exact) mass is 589 g/mol. The van der Waals surface area contributed by atoms with Crippen LogP contribution in [-0.2, 0) is 14.8 Å². The number of aromatic nitrogens is 1. The average Bonchev–Trinajstić information content (AvgIpc) is 2.82. The first-order valence-electron chi connectivity index (χ1n) is 11.3. The first-order valence-corrected chi connectivity index (χ1v) is 14.3. The second kappa shape index (κ2) is 11.1. The molecule has 34 heavy (non-hydrogen) atoms. The standard InChI is InChI=1S/C23H26BrCl2N3O4S/c24-22-8-6-19(14-27-22)34(31,32)28-23(30)15-1-3-16(4-2-15)29-11-9-17(10-12-29)33-18-5-7-20(25)21(26)13-18/h5-8,13-17H,1-4,9-12H2,(H,28,30). The molecule has 184 valence electrons. The smallest absolute Gasteiger partial charge is 0.265 e. The van der Waals surface area contributed by atoms with E-state index < -0.39 is 15.9 Å². The second-order valence-electron chi connectivity index (χ2n) is 8.72.